The van der Waals surface area contributed by atoms with Crippen LogP contribution in [-0.4, -0.2) is 15.6 Å². The summed E-state index contributed by atoms with van der Waals surface area (Å²) < 4.78 is 0.915. The molecule has 54 valence electrons. The number of hydrogen-bond acceptors (Lipinski definition) is 1. The van der Waals surface area contributed by atoms with E-state index in [0.29, 0.717) is 0 Å². The summed E-state index contributed by atoms with van der Waals surface area (Å²) in [4.78, 5) is 0. The minimum absolute atomic E-state index is 0.463. The van der Waals surface area contributed by atoms with Gasteiger partial charge in [0.2, 0.25) is 0 Å². The lowest BCUT2D eigenvalue weighted by Crippen LogP contribution is -2.10. The van der Waals surface area contributed by atoms with Gasteiger partial charge in [-0.15, -0.1) is 0 Å². The molecule has 0 radical (unpaired) electrons. The Balaban J connectivity index is 2.82. The lowest BCUT2D eigenvalue weighted by atomic mass is 9.99. The van der Waals surface area contributed by atoms with Crippen molar-refractivity contribution < 1.29 is 5.11 Å². The van der Waals surface area contributed by atoms with E-state index in [4.69, 9.17) is 0 Å². The highest BCUT2D eigenvalue weighted by Gasteiger charge is 2.11. The van der Waals surface area contributed by atoms with E-state index in [1.165, 1.54) is 0 Å². The van der Waals surface area contributed by atoms with E-state index in [9.17, 15) is 5.11 Å². The van der Waals surface area contributed by atoms with Crippen LogP contribution in [0.3, 0.4) is 0 Å². The Hall–Kier alpha value is -0.0900. The van der Waals surface area contributed by atoms with Crippen LogP contribution >= 0.6 is 22.6 Å². The standard InChI is InChI=1S/C8H9IO/c1-6-7(5-9)3-2-4-8(6)10/h2-4,8,10H,1,5H2/t8-/m0/s1. The number of halogens is 1. The summed E-state index contributed by atoms with van der Waals surface area (Å²) in [6.07, 6.45) is 5.13. The molecule has 1 aliphatic rings. The first-order chi connectivity index (χ1) is 4.75. The first-order valence-electron chi connectivity index (χ1n) is 3.06. The third-order valence-electron chi connectivity index (χ3n) is 1.50. The van der Waals surface area contributed by atoms with E-state index >= 15 is 0 Å². The summed E-state index contributed by atoms with van der Waals surface area (Å²) in [5.74, 6) is 0. The van der Waals surface area contributed by atoms with Crippen LogP contribution in [-0.2, 0) is 0 Å². The molecule has 0 bridgehead atoms. The highest BCUT2D eigenvalue weighted by molar-refractivity contribution is 14.1. The Bertz CT molecular complexity index is 203. The van der Waals surface area contributed by atoms with E-state index in [1.54, 1.807) is 6.08 Å². The molecule has 0 saturated heterocycles. The molecular weight excluding hydrogens is 239 g/mol. The molecule has 0 aromatic carbocycles. The van der Waals surface area contributed by atoms with E-state index in [2.05, 4.69) is 29.2 Å². The molecule has 0 fully saturated rings. The van der Waals surface area contributed by atoms with Crippen LogP contribution in [0.1, 0.15) is 0 Å². The van der Waals surface area contributed by atoms with Crippen molar-refractivity contribution in [2.24, 2.45) is 0 Å². The van der Waals surface area contributed by atoms with Gasteiger partial charge < -0.3 is 5.11 Å². The van der Waals surface area contributed by atoms with Crippen molar-refractivity contribution in [3.63, 3.8) is 0 Å². The summed E-state index contributed by atoms with van der Waals surface area (Å²) in [7, 11) is 0. The fraction of sp³-hybridized carbons (Fsp3) is 0.250. The van der Waals surface area contributed by atoms with Gasteiger partial charge in [0, 0.05) is 4.43 Å². The summed E-state index contributed by atoms with van der Waals surface area (Å²) >= 11 is 2.26. The molecule has 0 heterocycles. The normalized spacial score (nSPS) is 24.8. The SMILES string of the molecule is C=C1C(CI)=CC=C[C@@H]1O. The highest BCUT2D eigenvalue weighted by Crippen LogP contribution is 2.19. The lowest BCUT2D eigenvalue weighted by Gasteiger charge is -2.14. The van der Waals surface area contributed by atoms with Crippen LogP contribution in [0, 0.1) is 0 Å². The number of allylic oxidation sites excluding steroid dienone is 2. The Kier molecular flexibility index (Phi) is 2.68. The van der Waals surface area contributed by atoms with Crippen molar-refractivity contribution in [3.8, 4) is 0 Å². The smallest absolute Gasteiger partial charge is 0.0972 e. The summed E-state index contributed by atoms with van der Waals surface area (Å²) in [6, 6.07) is 0. The van der Waals surface area contributed by atoms with Gasteiger partial charge in [-0.2, -0.15) is 0 Å². The molecule has 2 heteroatoms. The van der Waals surface area contributed by atoms with Crippen molar-refractivity contribution in [2.75, 3.05) is 4.43 Å². The summed E-state index contributed by atoms with van der Waals surface area (Å²) in [5.41, 5.74) is 1.97. The summed E-state index contributed by atoms with van der Waals surface area (Å²) in [5, 5.41) is 9.25. The maximum atomic E-state index is 9.25. The van der Waals surface area contributed by atoms with Gasteiger partial charge in [0.15, 0.2) is 0 Å². The zero-order valence-electron chi connectivity index (χ0n) is 5.55. The predicted molar refractivity (Wildman–Crippen MR) is 51.3 cm³/mol. The van der Waals surface area contributed by atoms with E-state index < -0.39 is 6.10 Å². The average molecular weight is 248 g/mol. The monoisotopic (exact) mass is 248 g/mol. The zero-order chi connectivity index (χ0) is 7.56. The minimum atomic E-state index is -0.463. The second-order valence-corrected chi connectivity index (χ2v) is 2.94. The molecule has 1 N–H and O–H groups in total. The number of rotatable bonds is 1. The molecule has 0 aliphatic heterocycles. The van der Waals surface area contributed by atoms with Gasteiger partial charge in [-0.1, -0.05) is 47.4 Å². The molecule has 0 spiro atoms. The van der Waals surface area contributed by atoms with Gasteiger partial charge in [-0.25, -0.2) is 0 Å². The van der Waals surface area contributed by atoms with Crippen LogP contribution in [0.2, 0.25) is 0 Å². The molecule has 1 aliphatic carbocycles. The fourth-order valence-electron chi connectivity index (χ4n) is 0.820. The van der Waals surface area contributed by atoms with Crippen molar-refractivity contribution in [3.05, 3.63) is 36.0 Å². The topological polar surface area (TPSA) is 20.2 Å². The van der Waals surface area contributed by atoms with Crippen molar-refractivity contribution in [1.82, 2.24) is 0 Å². The Labute approximate surface area is 74.3 Å². The van der Waals surface area contributed by atoms with Crippen LogP contribution in [0.25, 0.3) is 0 Å². The van der Waals surface area contributed by atoms with E-state index in [-0.39, 0.29) is 0 Å². The molecule has 0 aromatic rings. The van der Waals surface area contributed by atoms with Crippen LogP contribution < -0.4 is 0 Å². The lowest BCUT2D eigenvalue weighted by molar-refractivity contribution is 0.261. The summed E-state index contributed by atoms with van der Waals surface area (Å²) in [6.45, 7) is 3.77. The van der Waals surface area contributed by atoms with Crippen LogP contribution in [0.4, 0.5) is 0 Å². The Morgan fingerprint density at radius 2 is 2.40 bits per heavy atom. The number of hydrogen-bond donors (Lipinski definition) is 1. The largest absolute Gasteiger partial charge is 0.384 e. The van der Waals surface area contributed by atoms with Gasteiger partial charge in [0.1, 0.15) is 0 Å². The van der Waals surface area contributed by atoms with Crippen molar-refractivity contribution >= 4 is 22.6 Å². The highest BCUT2D eigenvalue weighted by atomic mass is 127. The van der Waals surface area contributed by atoms with Gasteiger partial charge in [0.05, 0.1) is 6.10 Å². The van der Waals surface area contributed by atoms with Gasteiger partial charge in [-0.3, -0.25) is 0 Å². The van der Waals surface area contributed by atoms with Crippen molar-refractivity contribution in [2.45, 2.75) is 6.10 Å². The molecule has 0 unspecified atom stereocenters. The molecular formula is C8H9IO. The molecule has 1 nitrogen and oxygen atoms in total. The number of aliphatic hydroxyl groups is 1. The third-order valence-corrected chi connectivity index (χ3v) is 2.33. The molecule has 0 aromatic heterocycles. The zero-order valence-corrected chi connectivity index (χ0v) is 7.71. The molecule has 1 rings (SSSR count). The first-order valence-corrected chi connectivity index (χ1v) is 4.59. The molecule has 0 amide bonds. The average Bonchev–Trinajstić information content (AvgIpc) is 1.95. The maximum Gasteiger partial charge on any atom is 0.0972 e. The maximum absolute atomic E-state index is 9.25. The quantitative estimate of drug-likeness (QED) is 0.554. The third kappa shape index (κ3) is 1.49. The predicted octanol–water partition coefficient (Wildman–Crippen LogP) is 1.83. The van der Waals surface area contributed by atoms with Crippen LogP contribution in [0.5, 0.6) is 0 Å². The second kappa shape index (κ2) is 3.34. The molecule has 1 atom stereocenters. The van der Waals surface area contributed by atoms with E-state index in [0.717, 1.165) is 15.6 Å². The first kappa shape index (κ1) is 8.01. The minimum Gasteiger partial charge on any atom is -0.384 e. The van der Waals surface area contributed by atoms with Gasteiger partial charge >= 0.3 is 0 Å². The van der Waals surface area contributed by atoms with Crippen LogP contribution in [0.15, 0.2) is 36.0 Å². The van der Waals surface area contributed by atoms with Gasteiger partial charge in [-0.05, 0) is 11.1 Å². The fourth-order valence-corrected chi connectivity index (χ4v) is 1.56. The van der Waals surface area contributed by atoms with Gasteiger partial charge in [0.25, 0.3) is 0 Å². The molecule has 0 saturated carbocycles. The number of alkyl halides is 1. The number of aliphatic hydroxyl groups excluding tert-OH is 1. The second-order valence-electron chi connectivity index (χ2n) is 2.18. The van der Waals surface area contributed by atoms with E-state index in [1.807, 2.05) is 12.2 Å². The van der Waals surface area contributed by atoms with Crippen molar-refractivity contribution in [1.29, 1.82) is 0 Å². The Morgan fingerprint density at radius 3 is 2.90 bits per heavy atom. The Morgan fingerprint density at radius 1 is 1.70 bits per heavy atom. The molecule has 10 heavy (non-hydrogen) atoms.